The lowest BCUT2D eigenvalue weighted by Crippen LogP contribution is -2.00. The predicted molar refractivity (Wildman–Crippen MR) is 24.7 cm³/mol. The number of hydrogen-bond acceptors (Lipinski definition) is 1. The highest BCUT2D eigenvalue weighted by molar-refractivity contribution is 5.02. The van der Waals surface area contributed by atoms with Crippen molar-refractivity contribution in [3.8, 4) is 0 Å². The third-order valence-corrected chi connectivity index (χ3v) is 1.01. The summed E-state index contributed by atoms with van der Waals surface area (Å²) in [6.07, 6.45) is 1.67. The second kappa shape index (κ2) is 1.62. The van der Waals surface area contributed by atoms with Gasteiger partial charge in [0.25, 0.3) is 0 Å². The number of rotatable bonds is 0. The predicted octanol–water partition coefficient (Wildman–Crippen LogP) is 0.645. The first-order chi connectivity index (χ1) is 3.29. The van der Waals surface area contributed by atoms with Crippen LogP contribution in [0.15, 0.2) is 12.2 Å². The van der Waals surface area contributed by atoms with Crippen LogP contribution in [0.3, 0.4) is 0 Å². The number of aliphatic hydroxyl groups excluding tert-OH is 1. The van der Waals surface area contributed by atoms with Gasteiger partial charge in [0, 0.05) is 6.42 Å². The summed E-state index contributed by atoms with van der Waals surface area (Å²) < 4.78 is 11.9. The molecule has 0 heterocycles. The van der Waals surface area contributed by atoms with Crippen LogP contribution < -0.4 is 0 Å². The molecule has 0 radical (unpaired) electrons. The van der Waals surface area contributed by atoms with Gasteiger partial charge in [0.05, 0.1) is 6.10 Å². The quantitative estimate of drug-likeness (QED) is 0.445. The van der Waals surface area contributed by atoms with Crippen molar-refractivity contribution in [2.45, 2.75) is 18.7 Å². The van der Waals surface area contributed by atoms with E-state index in [2.05, 4.69) is 0 Å². The Bertz CT molecular complexity index is 80.1. The molecule has 7 heavy (non-hydrogen) atoms. The van der Waals surface area contributed by atoms with Crippen LogP contribution in [0, 0.1) is 0 Å². The Labute approximate surface area is 41.5 Å². The van der Waals surface area contributed by atoms with Gasteiger partial charge in [-0.3, -0.25) is 0 Å². The number of halogens is 1. The van der Waals surface area contributed by atoms with E-state index in [-0.39, 0.29) is 6.42 Å². The van der Waals surface area contributed by atoms with Gasteiger partial charge in [-0.2, -0.15) is 0 Å². The van der Waals surface area contributed by atoms with Gasteiger partial charge >= 0.3 is 0 Å². The summed E-state index contributed by atoms with van der Waals surface area (Å²) in [4.78, 5) is 0. The first-order valence-corrected chi connectivity index (χ1v) is 2.29. The molecule has 0 aromatic heterocycles. The Morgan fingerprint density at radius 2 is 2.29 bits per heavy atom. The van der Waals surface area contributed by atoms with Crippen molar-refractivity contribution in [3.63, 3.8) is 0 Å². The molecule has 40 valence electrons. The van der Waals surface area contributed by atoms with Crippen LogP contribution in [0.2, 0.25) is 0 Å². The van der Waals surface area contributed by atoms with Gasteiger partial charge in [0.15, 0.2) is 0 Å². The Morgan fingerprint density at radius 3 is 2.43 bits per heavy atom. The van der Waals surface area contributed by atoms with E-state index in [0.717, 1.165) is 0 Å². The lowest BCUT2D eigenvalue weighted by Gasteiger charge is -1.94. The van der Waals surface area contributed by atoms with Crippen LogP contribution in [0.5, 0.6) is 0 Å². The van der Waals surface area contributed by atoms with Crippen LogP contribution in [0.25, 0.3) is 0 Å². The Hall–Kier alpha value is -0.370. The molecule has 0 saturated heterocycles. The van der Waals surface area contributed by atoms with Crippen molar-refractivity contribution in [1.29, 1.82) is 0 Å². The molecular weight excluding hydrogens is 95.1 g/mol. The SMILES string of the molecule is O[C@@H]1C=C[C@H](F)C1. The van der Waals surface area contributed by atoms with Gasteiger partial charge in [-0.1, -0.05) is 12.2 Å². The fraction of sp³-hybridized carbons (Fsp3) is 0.600. The highest BCUT2D eigenvalue weighted by atomic mass is 19.1. The van der Waals surface area contributed by atoms with Gasteiger partial charge in [0.1, 0.15) is 6.17 Å². The first-order valence-electron chi connectivity index (χ1n) is 2.29. The summed E-state index contributed by atoms with van der Waals surface area (Å²) in [6, 6.07) is 0. The van der Waals surface area contributed by atoms with Gasteiger partial charge in [-0.05, 0) is 0 Å². The summed E-state index contributed by atoms with van der Waals surface area (Å²) in [5, 5.41) is 8.57. The molecule has 0 aliphatic heterocycles. The number of allylic oxidation sites excluding steroid dienone is 1. The maximum atomic E-state index is 11.9. The Kier molecular flexibility index (Phi) is 1.11. The fourth-order valence-electron chi connectivity index (χ4n) is 0.637. The minimum Gasteiger partial charge on any atom is -0.389 e. The molecule has 0 aromatic carbocycles. The maximum absolute atomic E-state index is 11.9. The number of aliphatic hydroxyl groups is 1. The minimum absolute atomic E-state index is 0.250. The smallest absolute Gasteiger partial charge is 0.121 e. The van der Waals surface area contributed by atoms with E-state index in [1.54, 1.807) is 0 Å². The second-order valence-electron chi connectivity index (χ2n) is 1.70. The van der Waals surface area contributed by atoms with Crippen LogP contribution in [-0.2, 0) is 0 Å². The maximum Gasteiger partial charge on any atom is 0.121 e. The highest BCUT2D eigenvalue weighted by Gasteiger charge is 2.13. The van der Waals surface area contributed by atoms with Crippen LogP contribution >= 0.6 is 0 Å². The molecule has 1 rings (SSSR count). The topological polar surface area (TPSA) is 20.2 Å². The third kappa shape index (κ3) is 0.996. The molecule has 1 aliphatic carbocycles. The zero-order valence-electron chi connectivity index (χ0n) is 3.84. The van der Waals surface area contributed by atoms with Crippen LogP contribution in [-0.4, -0.2) is 17.4 Å². The molecule has 2 heteroatoms. The van der Waals surface area contributed by atoms with E-state index in [1.165, 1.54) is 12.2 Å². The van der Waals surface area contributed by atoms with Crippen molar-refractivity contribution in [1.82, 2.24) is 0 Å². The Morgan fingerprint density at radius 1 is 1.57 bits per heavy atom. The molecule has 0 bridgehead atoms. The van der Waals surface area contributed by atoms with Gasteiger partial charge < -0.3 is 5.11 Å². The monoisotopic (exact) mass is 102 g/mol. The first kappa shape index (κ1) is 4.78. The van der Waals surface area contributed by atoms with Gasteiger partial charge in [0.2, 0.25) is 0 Å². The van der Waals surface area contributed by atoms with E-state index in [1.807, 2.05) is 0 Å². The van der Waals surface area contributed by atoms with Crippen molar-refractivity contribution in [2.75, 3.05) is 0 Å². The summed E-state index contributed by atoms with van der Waals surface area (Å²) in [5.41, 5.74) is 0. The Balaban J connectivity index is 2.42. The van der Waals surface area contributed by atoms with Crippen molar-refractivity contribution in [2.24, 2.45) is 0 Å². The lowest BCUT2D eigenvalue weighted by atomic mass is 10.3. The molecule has 0 amide bonds. The number of hydrogen-bond donors (Lipinski definition) is 1. The summed E-state index contributed by atoms with van der Waals surface area (Å²) in [7, 11) is 0. The third-order valence-electron chi connectivity index (χ3n) is 1.01. The molecule has 1 nitrogen and oxygen atoms in total. The van der Waals surface area contributed by atoms with Crippen molar-refractivity contribution in [3.05, 3.63) is 12.2 Å². The second-order valence-corrected chi connectivity index (χ2v) is 1.70. The van der Waals surface area contributed by atoms with Crippen LogP contribution in [0.4, 0.5) is 4.39 Å². The van der Waals surface area contributed by atoms with Crippen molar-refractivity contribution < 1.29 is 9.50 Å². The average Bonchev–Trinajstić information content (AvgIpc) is 1.87. The highest BCUT2D eigenvalue weighted by Crippen LogP contribution is 2.12. The van der Waals surface area contributed by atoms with E-state index >= 15 is 0 Å². The van der Waals surface area contributed by atoms with Gasteiger partial charge in [-0.15, -0.1) is 0 Å². The normalized spacial score (nSPS) is 39.7. The van der Waals surface area contributed by atoms with Crippen LogP contribution in [0.1, 0.15) is 6.42 Å². The van der Waals surface area contributed by atoms with E-state index in [0.29, 0.717) is 0 Å². The number of alkyl halides is 1. The summed E-state index contributed by atoms with van der Waals surface area (Å²) >= 11 is 0. The molecule has 0 saturated carbocycles. The molecule has 1 aliphatic rings. The standard InChI is InChI=1S/C5H7FO/c6-4-1-2-5(7)3-4/h1-2,4-5,7H,3H2/t4-,5+/m0/s1. The zero-order chi connectivity index (χ0) is 5.28. The molecular formula is C5H7FO. The average molecular weight is 102 g/mol. The van der Waals surface area contributed by atoms with E-state index < -0.39 is 12.3 Å². The largest absolute Gasteiger partial charge is 0.389 e. The van der Waals surface area contributed by atoms with Crippen molar-refractivity contribution >= 4 is 0 Å². The summed E-state index contributed by atoms with van der Waals surface area (Å²) in [5.74, 6) is 0. The van der Waals surface area contributed by atoms with Gasteiger partial charge in [-0.25, -0.2) is 4.39 Å². The van der Waals surface area contributed by atoms with E-state index in [4.69, 9.17) is 5.11 Å². The molecule has 1 N–H and O–H groups in total. The molecule has 0 fully saturated rings. The van der Waals surface area contributed by atoms with E-state index in [9.17, 15) is 4.39 Å². The molecule has 0 spiro atoms. The molecule has 0 unspecified atom stereocenters. The minimum atomic E-state index is -0.907. The zero-order valence-corrected chi connectivity index (χ0v) is 3.84. The fourth-order valence-corrected chi connectivity index (χ4v) is 0.637. The lowest BCUT2D eigenvalue weighted by molar-refractivity contribution is 0.197. The summed E-state index contributed by atoms with van der Waals surface area (Å²) in [6.45, 7) is 0. The molecule has 2 atom stereocenters. The molecule has 0 aromatic rings.